The molecule has 0 radical (unpaired) electrons. The minimum atomic E-state index is -1.10. The monoisotopic (exact) mass is 402 g/mol. The first kappa shape index (κ1) is 21.6. The summed E-state index contributed by atoms with van der Waals surface area (Å²) in [5.74, 6) is -3.67. The van der Waals surface area contributed by atoms with Crippen LogP contribution in [0.1, 0.15) is 28.9 Å². The number of carbonyl (C=O) groups is 3. The Morgan fingerprint density at radius 1 is 1.14 bits per heavy atom. The molecule has 2 aromatic carbocycles. The lowest BCUT2D eigenvalue weighted by molar-refractivity contribution is -0.124. The lowest BCUT2D eigenvalue weighted by atomic mass is 9.96. The fourth-order valence-corrected chi connectivity index (χ4v) is 2.46. The molecule has 0 aliphatic rings. The average Bonchev–Trinajstić information content (AvgIpc) is 2.72. The highest BCUT2D eigenvalue weighted by molar-refractivity contribution is 6.02. The minimum absolute atomic E-state index is 0.184. The molecule has 0 heterocycles. The van der Waals surface area contributed by atoms with Crippen molar-refractivity contribution in [3.05, 3.63) is 77.6 Å². The van der Waals surface area contributed by atoms with E-state index in [2.05, 4.69) is 5.32 Å². The largest absolute Gasteiger partial charge is 0.505 e. The molecule has 4 N–H and O–H groups in total. The first-order valence-corrected chi connectivity index (χ1v) is 8.49. The molecule has 2 aromatic rings. The fraction of sp³-hybridized carbons (Fsp3) is 0.150. The van der Waals surface area contributed by atoms with Crippen molar-refractivity contribution in [2.75, 3.05) is 0 Å². The summed E-state index contributed by atoms with van der Waals surface area (Å²) in [6.07, 6.45) is 0.151. The van der Waals surface area contributed by atoms with Crippen LogP contribution in [0, 0.1) is 11.7 Å². The Bertz CT molecular complexity index is 916. The molecule has 8 nitrogen and oxygen atoms in total. The topological polar surface area (TPSA) is 125 Å². The van der Waals surface area contributed by atoms with E-state index in [1.54, 1.807) is 25.1 Å². The van der Waals surface area contributed by atoms with Crippen LogP contribution < -0.4 is 10.8 Å². The van der Waals surface area contributed by atoms with Crippen LogP contribution in [-0.2, 0) is 9.53 Å². The Hall–Kier alpha value is -3.72. The third kappa shape index (κ3) is 6.15. The standard InChI is InChI=1S/C20H19FN2O6/c1-12(7-10-17(25)23-28)18(14-8-9-16(24)15(21)11-14)29-20(27)22-19(26)13-5-3-2-4-6-13/h2-12,18,24,28H,1H3,(H,23,25)(H,22,26,27)/b10-7+/t12-,18-/m1/s1. The SMILES string of the molecule is C[C@H](/C=C/C(=O)NO)[C@@H](OC(=O)NC(=O)c1ccccc1)c1ccc(O)c(F)c1. The molecule has 152 valence electrons. The van der Waals surface area contributed by atoms with Crippen LogP contribution in [0.5, 0.6) is 5.75 Å². The van der Waals surface area contributed by atoms with E-state index in [0.717, 1.165) is 18.2 Å². The maximum Gasteiger partial charge on any atom is 0.414 e. The maximum absolute atomic E-state index is 13.8. The molecular weight excluding hydrogens is 383 g/mol. The third-order valence-electron chi connectivity index (χ3n) is 3.92. The zero-order valence-corrected chi connectivity index (χ0v) is 15.3. The molecule has 0 fully saturated rings. The Balaban J connectivity index is 2.20. The molecule has 2 atom stereocenters. The number of alkyl carbamates (subject to hydrolysis) is 1. The van der Waals surface area contributed by atoms with Gasteiger partial charge < -0.3 is 9.84 Å². The van der Waals surface area contributed by atoms with Crippen LogP contribution in [0.25, 0.3) is 0 Å². The molecule has 0 saturated heterocycles. The Morgan fingerprint density at radius 3 is 2.45 bits per heavy atom. The quantitative estimate of drug-likeness (QED) is 0.335. The highest BCUT2D eigenvalue weighted by Gasteiger charge is 2.24. The number of phenols is 1. The van der Waals surface area contributed by atoms with Gasteiger partial charge in [-0.1, -0.05) is 37.3 Å². The van der Waals surface area contributed by atoms with Crippen molar-refractivity contribution >= 4 is 17.9 Å². The molecule has 0 aliphatic heterocycles. The van der Waals surface area contributed by atoms with Gasteiger partial charge in [0, 0.05) is 17.6 Å². The average molecular weight is 402 g/mol. The Kier molecular flexibility index (Phi) is 7.44. The van der Waals surface area contributed by atoms with Crippen LogP contribution >= 0.6 is 0 Å². The number of hydrogen-bond acceptors (Lipinski definition) is 6. The summed E-state index contributed by atoms with van der Waals surface area (Å²) in [5, 5.41) is 20.0. The van der Waals surface area contributed by atoms with E-state index >= 15 is 0 Å². The first-order chi connectivity index (χ1) is 13.8. The van der Waals surface area contributed by atoms with E-state index < -0.39 is 41.5 Å². The van der Waals surface area contributed by atoms with Gasteiger partial charge in [-0.3, -0.25) is 20.1 Å². The predicted molar refractivity (Wildman–Crippen MR) is 99.4 cm³/mol. The summed E-state index contributed by atoms with van der Waals surface area (Å²) in [6, 6.07) is 11.4. The van der Waals surface area contributed by atoms with Crippen LogP contribution in [0.2, 0.25) is 0 Å². The number of rotatable bonds is 6. The van der Waals surface area contributed by atoms with E-state index in [4.69, 9.17) is 9.94 Å². The Labute approximate surface area is 165 Å². The van der Waals surface area contributed by atoms with Crippen molar-refractivity contribution in [1.29, 1.82) is 0 Å². The highest BCUT2D eigenvalue weighted by atomic mass is 19.1. The zero-order valence-electron chi connectivity index (χ0n) is 15.3. The van der Waals surface area contributed by atoms with E-state index in [0.29, 0.717) is 0 Å². The summed E-state index contributed by atoms with van der Waals surface area (Å²) in [5.41, 5.74) is 1.84. The van der Waals surface area contributed by atoms with Gasteiger partial charge in [0.1, 0.15) is 6.10 Å². The number of hydrogen-bond donors (Lipinski definition) is 4. The van der Waals surface area contributed by atoms with Gasteiger partial charge in [0.05, 0.1) is 0 Å². The second-order valence-corrected chi connectivity index (χ2v) is 6.05. The van der Waals surface area contributed by atoms with E-state index in [1.165, 1.54) is 29.8 Å². The number of imide groups is 1. The number of amides is 3. The predicted octanol–water partition coefficient (Wildman–Crippen LogP) is 2.84. The van der Waals surface area contributed by atoms with Crippen molar-refractivity contribution < 1.29 is 33.8 Å². The minimum Gasteiger partial charge on any atom is -0.505 e. The van der Waals surface area contributed by atoms with Gasteiger partial charge in [-0.15, -0.1) is 0 Å². The number of phenolic OH excluding ortho intramolecular Hbond substituents is 1. The second kappa shape index (κ2) is 10.00. The molecule has 0 unspecified atom stereocenters. The van der Waals surface area contributed by atoms with Gasteiger partial charge in [-0.25, -0.2) is 14.7 Å². The van der Waals surface area contributed by atoms with Crippen molar-refractivity contribution in [3.8, 4) is 5.75 Å². The molecule has 0 saturated carbocycles. The normalized spacial score (nSPS) is 12.8. The number of halogens is 1. The fourth-order valence-electron chi connectivity index (χ4n) is 2.46. The lowest BCUT2D eigenvalue weighted by Crippen LogP contribution is -2.33. The van der Waals surface area contributed by atoms with Crippen LogP contribution in [0.3, 0.4) is 0 Å². The van der Waals surface area contributed by atoms with Gasteiger partial charge in [0.15, 0.2) is 11.6 Å². The number of aromatic hydroxyl groups is 1. The molecule has 0 aromatic heterocycles. The summed E-state index contributed by atoms with van der Waals surface area (Å²) < 4.78 is 19.1. The smallest absolute Gasteiger partial charge is 0.414 e. The number of carbonyl (C=O) groups excluding carboxylic acids is 3. The third-order valence-corrected chi connectivity index (χ3v) is 3.92. The maximum atomic E-state index is 13.8. The van der Waals surface area contributed by atoms with Gasteiger partial charge in [-0.05, 0) is 29.8 Å². The molecule has 9 heteroatoms. The summed E-state index contributed by atoms with van der Waals surface area (Å²) >= 11 is 0. The number of benzene rings is 2. The molecule has 0 bridgehead atoms. The Morgan fingerprint density at radius 2 is 1.83 bits per heavy atom. The van der Waals surface area contributed by atoms with E-state index in [1.807, 2.05) is 0 Å². The zero-order chi connectivity index (χ0) is 21.4. The van der Waals surface area contributed by atoms with Crippen molar-refractivity contribution in [2.24, 2.45) is 5.92 Å². The van der Waals surface area contributed by atoms with Gasteiger partial charge >= 0.3 is 6.09 Å². The number of ether oxygens (including phenoxy) is 1. The number of nitrogens with one attached hydrogen (secondary N) is 2. The van der Waals surface area contributed by atoms with Crippen LogP contribution in [0.15, 0.2) is 60.7 Å². The highest BCUT2D eigenvalue weighted by Crippen LogP contribution is 2.30. The molecule has 3 amide bonds. The first-order valence-electron chi connectivity index (χ1n) is 8.49. The molecule has 2 rings (SSSR count). The van der Waals surface area contributed by atoms with Crippen LogP contribution in [-0.4, -0.2) is 28.2 Å². The van der Waals surface area contributed by atoms with Crippen molar-refractivity contribution in [2.45, 2.75) is 13.0 Å². The van der Waals surface area contributed by atoms with E-state index in [9.17, 15) is 23.9 Å². The molecule has 29 heavy (non-hydrogen) atoms. The summed E-state index contributed by atoms with van der Waals surface area (Å²) in [7, 11) is 0. The van der Waals surface area contributed by atoms with Crippen molar-refractivity contribution in [1.82, 2.24) is 10.8 Å². The summed E-state index contributed by atoms with van der Waals surface area (Å²) in [6.45, 7) is 1.57. The van der Waals surface area contributed by atoms with Crippen LogP contribution in [0.4, 0.5) is 9.18 Å². The van der Waals surface area contributed by atoms with Gasteiger partial charge in [0.2, 0.25) is 0 Å². The second-order valence-electron chi connectivity index (χ2n) is 6.05. The van der Waals surface area contributed by atoms with Gasteiger partial charge in [0.25, 0.3) is 11.8 Å². The summed E-state index contributed by atoms with van der Waals surface area (Å²) in [4.78, 5) is 35.5. The number of hydroxylamine groups is 1. The molecule has 0 spiro atoms. The van der Waals surface area contributed by atoms with E-state index in [-0.39, 0.29) is 11.1 Å². The van der Waals surface area contributed by atoms with Gasteiger partial charge in [-0.2, -0.15) is 0 Å². The molecular formula is C20H19FN2O6. The lowest BCUT2D eigenvalue weighted by Gasteiger charge is -2.22. The molecule has 0 aliphatic carbocycles. The van der Waals surface area contributed by atoms with Crippen molar-refractivity contribution in [3.63, 3.8) is 0 Å².